The van der Waals surface area contributed by atoms with Gasteiger partial charge in [0.05, 0.1) is 13.1 Å². The molecule has 0 spiro atoms. The number of imide groups is 1. The molecule has 3 heterocycles. The number of allylic oxidation sites excluding steroid dienone is 1. The number of amidine groups is 1. The summed E-state index contributed by atoms with van der Waals surface area (Å²) < 4.78 is 2.05. The molecule has 10 heteroatoms. The second kappa shape index (κ2) is 8.00. The molecule has 5 amide bonds. The molecule has 3 aliphatic rings. The fourth-order valence-electron chi connectivity index (χ4n) is 3.85. The lowest BCUT2D eigenvalue weighted by atomic mass is 9.94. The third-order valence-corrected chi connectivity index (χ3v) is 5.29. The standard InChI is InChI=1S/C20H28N6O4/c1-13(27)24-8-10-25(11-9-24)14-6-7-21-17-16(14)18(29)26(19(30)23(17)5)12-15(28)22-20(2,3)4/h6-7,16H,8-12H2,1-5H3/p+1. The van der Waals surface area contributed by atoms with Gasteiger partial charge < -0.3 is 10.2 Å². The zero-order valence-corrected chi connectivity index (χ0v) is 18.1. The maximum absolute atomic E-state index is 13.3. The van der Waals surface area contributed by atoms with Crippen LogP contribution in [0.1, 0.15) is 27.7 Å². The molecular formula is C20H29N6O4+. The van der Waals surface area contributed by atoms with Crippen molar-refractivity contribution in [2.24, 2.45) is 10.9 Å². The summed E-state index contributed by atoms with van der Waals surface area (Å²) in [7, 11) is 1.56. The number of hydrogen-bond acceptors (Lipinski definition) is 5. The molecule has 10 nitrogen and oxygen atoms in total. The van der Waals surface area contributed by atoms with Gasteiger partial charge in [0, 0.05) is 31.8 Å². The molecule has 3 aliphatic heterocycles. The lowest BCUT2D eigenvalue weighted by Gasteiger charge is -2.38. The van der Waals surface area contributed by atoms with E-state index in [4.69, 9.17) is 0 Å². The van der Waals surface area contributed by atoms with E-state index in [2.05, 4.69) is 10.3 Å². The summed E-state index contributed by atoms with van der Waals surface area (Å²) in [5.41, 5.74) is 0.257. The summed E-state index contributed by atoms with van der Waals surface area (Å²) in [4.78, 5) is 58.4. The Morgan fingerprint density at radius 2 is 1.87 bits per heavy atom. The van der Waals surface area contributed by atoms with Crippen LogP contribution in [-0.4, -0.2) is 99.9 Å². The fraction of sp³-hybridized carbons (Fsp3) is 0.600. The summed E-state index contributed by atoms with van der Waals surface area (Å²) >= 11 is 0. The summed E-state index contributed by atoms with van der Waals surface area (Å²) in [6, 6.07) is -0.574. The molecule has 162 valence electrons. The monoisotopic (exact) mass is 417 g/mol. The number of nitrogens with one attached hydrogen (secondary N) is 1. The zero-order valence-electron chi connectivity index (χ0n) is 18.1. The SMILES string of the molecule is CC(=O)N1CC[N+](=C2C=CN=C3C2C(=O)N(CC(=O)NC(C)(C)C)C(=O)N3C)CC1. The Balaban J connectivity index is 1.87. The Bertz CT molecular complexity index is 872. The van der Waals surface area contributed by atoms with Crippen molar-refractivity contribution in [2.75, 3.05) is 39.8 Å². The van der Waals surface area contributed by atoms with Crippen molar-refractivity contribution in [1.82, 2.24) is 20.0 Å². The van der Waals surface area contributed by atoms with Gasteiger partial charge in [-0.15, -0.1) is 0 Å². The third kappa shape index (κ3) is 4.27. The maximum Gasteiger partial charge on any atom is 0.332 e. The van der Waals surface area contributed by atoms with E-state index in [9.17, 15) is 19.2 Å². The number of hydrogen-bond donors (Lipinski definition) is 1. The molecule has 2 fully saturated rings. The Hall–Kier alpha value is -3.04. The lowest BCUT2D eigenvalue weighted by Crippen LogP contribution is -2.63. The zero-order chi connectivity index (χ0) is 22.2. The van der Waals surface area contributed by atoms with E-state index in [1.165, 1.54) is 4.90 Å². The molecule has 30 heavy (non-hydrogen) atoms. The normalized spacial score (nSPS) is 22.2. The van der Waals surface area contributed by atoms with E-state index in [-0.39, 0.29) is 12.5 Å². The van der Waals surface area contributed by atoms with Crippen molar-refractivity contribution >= 4 is 35.3 Å². The van der Waals surface area contributed by atoms with Crippen LogP contribution in [0.2, 0.25) is 0 Å². The molecule has 0 bridgehead atoms. The van der Waals surface area contributed by atoms with Gasteiger partial charge in [0.25, 0.3) is 5.91 Å². The average molecular weight is 417 g/mol. The van der Waals surface area contributed by atoms with E-state index in [0.29, 0.717) is 32.0 Å². The number of carbonyl (C=O) groups excluding carboxylic acids is 4. The Morgan fingerprint density at radius 3 is 2.43 bits per heavy atom. The minimum absolute atomic E-state index is 0.0243. The number of urea groups is 1. The molecule has 0 aromatic rings. The van der Waals surface area contributed by atoms with E-state index in [0.717, 1.165) is 10.6 Å². The average Bonchev–Trinajstić information content (AvgIpc) is 2.67. The van der Waals surface area contributed by atoms with Crippen molar-refractivity contribution in [3.8, 4) is 0 Å². The predicted octanol–water partition coefficient (Wildman–Crippen LogP) is -0.347. The van der Waals surface area contributed by atoms with Crippen molar-refractivity contribution in [3.63, 3.8) is 0 Å². The van der Waals surface area contributed by atoms with Crippen molar-refractivity contribution in [1.29, 1.82) is 0 Å². The number of rotatable bonds is 2. The lowest BCUT2D eigenvalue weighted by molar-refractivity contribution is -0.538. The molecule has 1 atom stereocenters. The Morgan fingerprint density at radius 1 is 1.23 bits per heavy atom. The van der Waals surface area contributed by atoms with Crippen LogP contribution in [0.3, 0.4) is 0 Å². The van der Waals surface area contributed by atoms with Crippen LogP contribution >= 0.6 is 0 Å². The third-order valence-electron chi connectivity index (χ3n) is 5.29. The molecule has 0 saturated carbocycles. The maximum atomic E-state index is 13.3. The molecule has 1 unspecified atom stereocenters. The number of amides is 5. The quantitative estimate of drug-likeness (QED) is 0.620. The van der Waals surface area contributed by atoms with Gasteiger partial charge in [-0.3, -0.25) is 24.2 Å². The first-order chi connectivity index (χ1) is 14.0. The number of nitrogens with zero attached hydrogens (tertiary/aromatic N) is 5. The van der Waals surface area contributed by atoms with E-state index in [1.54, 1.807) is 31.1 Å². The van der Waals surface area contributed by atoms with Crippen molar-refractivity contribution < 1.29 is 23.8 Å². The molecule has 1 N–H and O–H groups in total. The minimum Gasteiger partial charge on any atom is -0.350 e. The summed E-state index contributed by atoms with van der Waals surface area (Å²) in [5, 5.41) is 2.78. The van der Waals surface area contributed by atoms with Gasteiger partial charge in [0.15, 0.2) is 24.7 Å². The van der Waals surface area contributed by atoms with Gasteiger partial charge in [-0.1, -0.05) is 0 Å². The van der Waals surface area contributed by atoms with E-state index < -0.39 is 29.3 Å². The van der Waals surface area contributed by atoms with E-state index in [1.807, 2.05) is 25.3 Å². The summed E-state index contributed by atoms with van der Waals surface area (Å²) in [6.07, 6.45) is 3.35. The van der Waals surface area contributed by atoms with Gasteiger partial charge in [-0.25, -0.2) is 14.4 Å². The molecule has 0 aromatic carbocycles. The highest BCUT2D eigenvalue weighted by Crippen LogP contribution is 2.23. The molecule has 3 rings (SSSR count). The van der Waals surface area contributed by atoms with Crippen LogP contribution in [0.15, 0.2) is 17.3 Å². The molecule has 2 saturated heterocycles. The smallest absolute Gasteiger partial charge is 0.332 e. The highest BCUT2D eigenvalue weighted by Gasteiger charge is 2.49. The minimum atomic E-state index is -0.760. The fourth-order valence-corrected chi connectivity index (χ4v) is 3.85. The van der Waals surface area contributed by atoms with Crippen LogP contribution in [0, 0.1) is 5.92 Å². The number of carbonyl (C=O) groups is 4. The largest absolute Gasteiger partial charge is 0.350 e. The highest BCUT2D eigenvalue weighted by atomic mass is 16.2. The Kier molecular flexibility index (Phi) is 5.78. The summed E-state index contributed by atoms with van der Waals surface area (Å²) in [6.45, 7) is 8.98. The Labute approximate surface area is 175 Å². The summed E-state index contributed by atoms with van der Waals surface area (Å²) in [5.74, 6) is -1.25. The second-order valence-corrected chi connectivity index (χ2v) is 8.72. The van der Waals surface area contributed by atoms with Gasteiger partial charge in [0.2, 0.25) is 11.8 Å². The van der Waals surface area contributed by atoms with Gasteiger partial charge in [0.1, 0.15) is 12.4 Å². The van der Waals surface area contributed by atoms with Crippen LogP contribution in [-0.2, 0) is 14.4 Å². The van der Waals surface area contributed by atoms with Crippen LogP contribution < -0.4 is 5.32 Å². The second-order valence-electron chi connectivity index (χ2n) is 8.72. The first-order valence-electron chi connectivity index (χ1n) is 10.0. The van der Waals surface area contributed by atoms with Gasteiger partial charge in [-0.2, -0.15) is 0 Å². The first kappa shape index (κ1) is 21.7. The van der Waals surface area contributed by atoms with Crippen LogP contribution in [0.25, 0.3) is 0 Å². The highest BCUT2D eigenvalue weighted by molar-refractivity contribution is 6.31. The van der Waals surface area contributed by atoms with Crippen LogP contribution in [0.5, 0.6) is 0 Å². The van der Waals surface area contributed by atoms with Gasteiger partial charge >= 0.3 is 6.03 Å². The number of piperazine rings is 1. The predicted molar refractivity (Wildman–Crippen MR) is 110 cm³/mol. The van der Waals surface area contributed by atoms with Crippen LogP contribution in [0.4, 0.5) is 4.79 Å². The number of fused-ring (bicyclic) bond motifs is 1. The molecule has 0 aliphatic carbocycles. The molecule has 0 aromatic heterocycles. The van der Waals surface area contributed by atoms with E-state index >= 15 is 0 Å². The van der Waals surface area contributed by atoms with Crippen molar-refractivity contribution in [3.05, 3.63) is 12.3 Å². The topological polar surface area (TPSA) is 105 Å². The van der Waals surface area contributed by atoms with Gasteiger partial charge in [-0.05, 0) is 20.8 Å². The van der Waals surface area contributed by atoms with Crippen molar-refractivity contribution in [2.45, 2.75) is 33.2 Å². The molecular weight excluding hydrogens is 388 g/mol. The number of aliphatic imine (C=N–C) groups is 1. The first-order valence-corrected chi connectivity index (χ1v) is 10.0. The molecule has 0 radical (unpaired) electrons.